The normalized spacial score (nSPS) is 10.4. The lowest BCUT2D eigenvalue weighted by molar-refractivity contribution is 0.102. The van der Waals surface area contributed by atoms with Gasteiger partial charge in [0.15, 0.2) is 115 Å². The lowest BCUT2D eigenvalue weighted by atomic mass is 9.99. The second kappa shape index (κ2) is 35.2. The molecule has 115 heavy (non-hydrogen) atoms. The fourth-order valence-corrected chi connectivity index (χ4v) is 9.82. The number of ketones is 4. The SMILES string of the molecule is O=C(c1cc(O)c(O)c(O)c1O)c1cc(O)c(O)c(O)c1O.O=C(c1ccc(O)c(O)c1)c1cc(O)c(O)c(O)c1O.O=C(c1ccc(O)c(O)c1O)c1cc(O)c(O)c(O)c1O.O=C(c1ccc(O)cc1)c1cc(O)c(O)c(O)c1O.Oc1ccc(Cc2ccc(O)c(O)c2O)cc1.Oc1ccc(Cc2ccccc2)c(O)c1O. The first-order valence-corrected chi connectivity index (χ1v) is 31.8. The van der Waals surface area contributed by atoms with E-state index < -0.39 is 206 Å². The summed E-state index contributed by atoms with van der Waals surface area (Å²) in [6.07, 6.45) is 0.917. The summed E-state index contributed by atoms with van der Waals surface area (Å²) in [6, 6.07) is 35.8. The van der Waals surface area contributed by atoms with E-state index in [4.69, 9.17) is 15.3 Å². The lowest BCUT2D eigenvalue weighted by Gasteiger charge is -2.11. The Morgan fingerprint density at radius 3 is 0.765 bits per heavy atom. The van der Waals surface area contributed by atoms with Crippen LogP contribution in [0.3, 0.4) is 0 Å². The van der Waals surface area contributed by atoms with E-state index in [1.54, 1.807) is 30.3 Å². The summed E-state index contributed by atoms with van der Waals surface area (Å²) in [5, 5.41) is 309. The van der Waals surface area contributed by atoms with E-state index in [-0.39, 0.29) is 51.2 Å². The quantitative estimate of drug-likeness (QED) is 0.0309. The van der Waals surface area contributed by atoms with E-state index in [2.05, 4.69) is 0 Å². The third-order valence-corrected chi connectivity index (χ3v) is 16.1. The molecule has 12 aromatic carbocycles. The lowest BCUT2D eigenvalue weighted by Crippen LogP contribution is -2.03. The first kappa shape index (κ1) is 85.0. The Morgan fingerprint density at radius 1 is 0.174 bits per heavy atom. The van der Waals surface area contributed by atoms with Crippen molar-refractivity contribution in [2.45, 2.75) is 12.8 Å². The van der Waals surface area contributed by atoms with Crippen LogP contribution in [0.4, 0.5) is 0 Å². The summed E-state index contributed by atoms with van der Waals surface area (Å²) in [6.45, 7) is 0. The molecule has 33 N–H and O–H groups in total. The second-order valence-corrected chi connectivity index (χ2v) is 23.7. The van der Waals surface area contributed by atoms with Gasteiger partial charge in [0, 0.05) is 35.1 Å². The predicted molar refractivity (Wildman–Crippen MR) is 392 cm³/mol. The third-order valence-electron chi connectivity index (χ3n) is 16.1. The maximum Gasteiger partial charge on any atom is 0.205 e. The summed E-state index contributed by atoms with van der Waals surface area (Å²) in [5.41, 5.74) is -0.369. The van der Waals surface area contributed by atoms with Crippen LogP contribution < -0.4 is 0 Å². The Hall–Kier alpha value is -17.3. The molecule has 37 nitrogen and oxygen atoms in total. The van der Waals surface area contributed by atoms with E-state index in [1.807, 2.05) is 30.3 Å². The van der Waals surface area contributed by atoms with Crippen molar-refractivity contribution in [1.82, 2.24) is 0 Å². The van der Waals surface area contributed by atoms with E-state index in [1.165, 1.54) is 48.5 Å². The number of rotatable bonds is 12. The average molecular weight is 1590 g/mol. The smallest absolute Gasteiger partial charge is 0.205 e. The van der Waals surface area contributed by atoms with E-state index >= 15 is 0 Å². The summed E-state index contributed by atoms with van der Waals surface area (Å²) in [4.78, 5) is 48.5. The molecule has 0 radical (unpaired) electrons. The fraction of sp³-hybridized carbons (Fsp3) is 0.0256. The Bertz CT molecular complexity index is 5660. The zero-order valence-electron chi connectivity index (χ0n) is 57.9. The van der Waals surface area contributed by atoms with Crippen molar-refractivity contribution in [3.8, 4) is 190 Å². The summed E-state index contributed by atoms with van der Waals surface area (Å²) >= 11 is 0. The van der Waals surface area contributed by atoms with Gasteiger partial charge < -0.3 is 169 Å². The van der Waals surface area contributed by atoms with Gasteiger partial charge in [-0.2, -0.15) is 0 Å². The van der Waals surface area contributed by atoms with Crippen LogP contribution in [-0.4, -0.2) is 192 Å². The summed E-state index contributed by atoms with van der Waals surface area (Å²) in [7, 11) is 0. The minimum Gasteiger partial charge on any atom is -0.508 e. The number of carbonyl (C=O) groups excluding carboxylic acids is 4. The van der Waals surface area contributed by atoms with Crippen LogP contribution in [-0.2, 0) is 12.8 Å². The standard InChI is InChI=1S/C13H10O9.C13H10O8.C13H10O7.C13H10O6.C13H12O4.C13H12O3/c14-5-1-3(8(17)12(21)10(5)19)7(16)4-2-6(15)11(20)13(22)9(4)18;14-6-2-1-4(9(17)11(6)19)8(16)5-3-7(15)12(20)13(21)10(5)18;14-7-2-1-5(3-8(7)15)10(17)6-4-9(16)12(19)13(20)11(6)18;14-7-3-1-6(2-4-7)10(16)8-5-9(15)12(18)13(19)11(8)17;14-10-4-1-8(2-5-10)7-9-3-6-11(15)13(17)12(9)16;14-11-7-6-10(12(15)13(11)16)8-9-4-2-1-3-5-9/h1-2,14-15,17-22H;1-3,14-15,17-21H;1-4,14-16,18-20H;1-5,14-15,17-19H;1-6,14-17H,7H2;1-7,14-16H,8H2. The van der Waals surface area contributed by atoms with Gasteiger partial charge in [0.2, 0.25) is 86.3 Å². The molecule has 0 aliphatic rings. The van der Waals surface area contributed by atoms with E-state index in [0.29, 0.717) is 42.2 Å². The second-order valence-electron chi connectivity index (χ2n) is 23.7. The zero-order valence-corrected chi connectivity index (χ0v) is 57.9. The Labute approximate surface area is 641 Å². The molecule has 0 fully saturated rings. The molecule has 37 heteroatoms. The summed E-state index contributed by atoms with van der Waals surface area (Å²) < 4.78 is 0. The van der Waals surface area contributed by atoms with Crippen LogP contribution in [0.5, 0.6) is 190 Å². The maximum absolute atomic E-state index is 12.2. The number of benzene rings is 12. The van der Waals surface area contributed by atoms with E-state index in [0.717, 1.165) is 47.5 Å². The largest absolute Gasteiger partial charge is 0.508 e. The molecule has 12 rings (SSSR count). The number of carbonyl (C=O) groups is 4. The van der Waals surface area contributed by atoms with Gasteiger partial charge in [0.1, 0.15) is 11.5 Å². The molecule has 0 unspecified atom stereocenters. The van der Waals surface area contributed by atoms with E-state index in [9.17, 15) is 172 Å². The first-order valence-electron chi connectivity index (χ1n) is 31.8. The molecule has 0 amide bonds. The highest BCUT2D eigenvalue weighted by molar-refractivity contribution is 6.15. The number of hydrogen-bond donors (Lipinski definition) is 33. The maximum atomic E-state index is 12.2. The molecule has 0 saturated carbocycles. The molecule has 0 atom stereocenters. The monoisotopic (exact) mass is 1590 g/mol. The molecule has 0 aromatic heterocycles. The molecule has 12 aromatic rings. The van der Waals surface area contributed by atoms with Crippen molar-refractivity contribution < 1.29 is 188 Å². The molecular formula is C78H64O37. The van der Waals surface area contributed by atoms with Crippen LogP contribution in [0.1, 0.15) is 85.9 Å². The van der Waals surface area contributed by atoms with Gasteiger partial charge in [-0.25, -0.2) is 0 Å². The van der Waals surface area contributed by atoms with Crippen molar-refractivity contribution in [2.24, 2.45) is 0 Å². The summed E-state index contributed by atoms with van der Waals surface area (Å²) in [5.74, 6) is -29.0. The molecule has 0 bridgehead atoms. The van der Waals surface area contributed by atoms with Gasteiger partial charge in [-0.15, -0.1) is 0 Å². The Morgan fingerprint density at radius 2 is 0.426 bits per heavy atom. The highest BCUT2D eigenvalue weighted by atomic mass is 16.4. The molecular weight excluding hydrogens is 1530 g/mol. The van der Waals surface area contributed by atoms with Crippen molar-refractivity contribution in [3.63, 3.8) is 0 Å². The molecule has 0 saturated heterocycles. The highest BCUT2D eigenvalue weighted by Crippen LogP contribution is 2.51. The number of phenols is 33. The fourth-order valence-electron chi connectivity index (χ4n) is 9.82. The van der Waals surface area contributed by atoms with Gasteiger partial charge in [-0.1, -0.05) is 54.6 Å². The Balaban J connectivity index is 0.000000192. The van der Waals surface area contributed by atoms with Gasteiger partial charge in [-0.3, -0.25) is 19.2 Å². The van der Waals surface area contributed by atoms with Crippen LogP contribution >= 0.6 is 0 Å². The zero-order chi connectivity index (χ0) is 85.8. The van der Waals surface area contributed by atoms with Crippen LogP contribution in [0.25, 0.3) is 0 Å². The average Bonchev–Trinajstić information content (AvgIpc) is 0.789. The van der Waals surface area contributed by atoms with Crippen LogP contribution in [0, 0.1) is 0 Å². The number of aromatic hydroxyl groups is 33. The van der Waals surface area contributed by atoms with Crippen molar-refractivity contribution in [3.05, 3.63) is 231 Å². The number of hydrogen-bond acceptors (Lipinski definition) is 37. The predicted octanol–water partition coefficient (Wildman–Crippen LogP) is 8.51. The van der Waals surface area contributed by atoms with Gasteiger partial charge in [0.05, 0.1) is 33.4 Å². The molecule has 0 aliphatic heterocycles. The molecule has 598 valence electrons. The van der Waals surface area contributed by atoms with Crippen molar-refractivity contribution >= 4 is 23.1 Å². The van der Waals surface area contributed by atoms with Crippen molar-refractivity contribution in [2.75, 3.05) is 0 Å². The minimum atomic E-state index is -1.22. The van der Waals surface area contributed by atoms with Crippen LogP contribution in [0.2, 0.25) is 0 Å². The van der Waals surface area contributed by atoms with Gasteiger partial charge in [-0.05, 0) is 120 Å². The third kappa shape index (κ3) is 18.8. The topological polar surface area (TPSA) is 736 Å². The van der Waals surface area contributed by atoms with Gasteiger partial charge in [0.25, 0.3) is 0 Å². The Kier molecular flexibility index (Phi) is 26.0. The van der Waals surface area contributed by atoms with Crippen LogP contribution in [0.15, 0.2) is 164 Å². The molecule has 0 heterocycles. The molecule has 0 aliphatic carbocycles. The highest BCUT2D eigenvalue weighted by Gasteiger charge is 2.30. The first-order chi connectivity index (χ1) is 53.9. The van der Waals surface area contributed by atoms with Gasteiger partial charge >= 0.3 is 0 Å². The number of phenolic OH excluding ortho intramolecular Hbond substituents is 33. The molecule has 0 spiro atoms. The van der Waals surface area contributed by atoms with Crippen molar-refractivity contribution in [1.29, 1.82) is 0 Å². The minimum absolute atomic E-state index is 0.0304.